The van der Waals surface area contributed by atoms with E-state index in [4.69, 9.17) is 5.11 Å². The van der Waals surface area contributed by atoms with E-state index < -0.39 is 21.8 Å². The number of nitrogens with zero attached hydrogens (tertiary/aromatic N) is 1. The first-order chi connectivity index (χ1) is 8.78. The summed E-state index contributed by atoms with van der Waals surface area (Å²) in [4.78, 5) is 10.4. The highest BCUT2D eigenvalue weighted by molar-refractivity contribution is 9.10. The number of halogens is 2. The van der Waals surface area contributed by atoms with Crippen LogP contribution in [0.5, 0.6) is 0 Å². The average Bonchev–Trinajstić information content (AvgIpc) is 2.28. The highest BCUT2D eigenvalue weighted by atomic mass is 79.9. The van der Waals surface area contributed by atoms with Gasteiger partial charge in [-0.2, -0.15) is 4.31 Å². The number of carboxylic acids is 1. The van der Waals surface area contributed by atoms with Gasteiger partial charge in [-0.3, -0.25) is 4.79 Å². The van der Waals surface area contributed by atoms with Crippen molar-refractivity contribution in [3.8, 4) is 0 Å². The molecule has 1 N–H and O–H groups in total. The van der Waals surface area contributed by atoms with Crippen molar-refractivity contribution in [1.29, 1.82) is 0 Å². The smallest absolute Gasteiger partial charge is 0.304 e. The Morgan fingerprint density at radius 2 is 2.11 bits per heavy atom. The molecule has 0 radical (unpaired) electrons. The molecule has 106 valence electrons. The monoisotopic (exact) mass is 353 g/mol. The molecule has 0 aliphatic heterocycles. The van der Waals surface area contributed by atoms with Crippen LogP contribution >= 0.6 is 15.9 Å². The lowest BCUT2D eigenvalue weighted by Gasteiger charge is -2.20. The fraction of sp³-hybridized carbons (Fsp3) is 0.364. The largest absolute Gasteiger partial charge is 0.481 e. The van der Waals surface area contributed by atoms with Crippen LogP contribution in [-0.4, -0.2) is 36.9 Å². The van der Waals surface area contributed by atoms with Gasteiger partial charge in [-0.15, -0.1) is 0 Å². The summed E-state index contributed by atoms with van der Waals surface area (Å²) in [5, 5.41) is 8.60. The number of rotatable bonds is 6. The number of sulfonamides is 1. The number of benzene rings is 1. The van der Waals surface area contributed by atoms with Gasteiger partial charge in [-0.25, -0.2) is 12.8 Å². The van der Waals surface area contributed by atoms with Gasteiger partial charge >= 0.3 is 5.97 Å². The first-order valence-electron chi connectivity index (χ1n) is 5.46. The third-order valence-electron chi connectivity index (χ3n) is 2.44. The highest BCUT2D eigenvalue weighted by Gasteiger charge is 2.25. The summed E-state index contributed by atoms with van der Waals surface area (Å²) in [5.74, 6) is -1.63. The number of hydrogen-bond acceptors (Lipinski definition) is 3. The van der Waals surface area contributed by atoms with E-state index in [1.54, 1.807) is 6.92 Å². The molecule has 19 heavy (non-hydrogen) atoms. The highest BCUT2D eigenvalue weighted by Crippen LogP contribution is 2.25. The molecule has 0 aliphatic carbocycles. The van der Waals surface area contributed by atoms with Crippen molar-refractivity contribution in [3.63, 3.8) is 0 Å². The summed E-state index contributed by atoms with van der Waals surface area (Å²) in [6, 6.07) is 3.25. The van der Waals surface area contributed by atoms with Crippen LogP contribution in [-0.2, 0) is 14.8 Å². The molecule has 8 heteroatoms. The van der Waals surface area contributed by atoms with Crippen molar-refractivity contribution in [3.05, 3.63) is 28.5 Å². The molecular formula is C11H13BrFNO4S. The Morgan fingerprint density at radius 1 is 1.47 bits per heavy atom. The van der Waals surface area contributed by atoms with E-state index in [1.807, 2.05) is 0 Å². The van der Waals surface area contributed by atoms with Gasteiger partial charge in [0.25, 0.3) is 0 Å². The van der Waals surface area contributed by atoms with Gasteiger partial charge < -0.3 is 5.11 Å². The normalized spacial score (nSPS) is 11.8. The van der Waals surface area contributed by atoms with Crippen molar-refractivity contribution in [2.45, 2.75) is 18.2 Å². The van der Waals surface area contributed by atoms with Crippen LogP contribution in [0.15, 0.2) is 27.6 Å². The topological polar surface area (TPSA) is 74.7 Å². The lowest BCUT2D eigenvalue weighted by atomic mass is 10.3. The minimum absolute atomic E-state index is 0.0823. The van der Waals surface area contributed by atoms with Gasteiger partial charge in [0.2, 0.25) is 10.0 Å². The predicted octanol–water partition coefficient (Wildman–Crippen LogP) is 2.07. The molecule has 0 spiro atoms. The van der Waals surface area contributed by atoms with Crippen LogP contribution in [0.2, 0.25) is 0 Å². The van der Waals surface area contributed by atoms with Crippen LogP contribution in [0, 0.1) is 5.82 Å². The average molecular weight is 354 g/mol. The summed E-state index contributed by atoms with van der Waals surface area (Å²) in [5.41, 5.74) is 0. The molecule has 0 amide bonds. The third kappa shape index (κ3) is 3.99. The summed E-state index contributed by atoms with van der Waals surface area (Å²) >= 11 is 3.00. The van der Waals surface area contributed by atoms with E-state index >= 15 is 0 Å². The molecule has 0 heterocycles. The molecule has 0 unspecified atom stereocenters. The van der Waals surface area contributed by atoms with Gasteiger partial charge in [-0.1, -0.05) is 6.92 Å². The van der Waals surface area contributed by atoms with Crippen molar-refractivity contribution < 1.29 is 22.7 Å². The second kappa shape index (κ2) is 6.44. The van der Waals surface area contributed by atoms with Crippen molar-refractivity contribution in [2.75, 3.05) is 13.1 Å². The standard InChI is InChI=1S/C11H13BrFNO4S/c1-2-14(6-5-11(15)16)19(17,18)10-4-3-8(13)7-9(10)12/h3-4,7H,2,5-6H2,1H3,(H,15,16). The number of hydrogen-bond donors (Lipinski definition) is 1. The van der Waals surface area contributed by atoms with Gasteiger partial charge in [0, 0.05) is 17.6 Å². The van der Waals surface area contributed by atoms with Crippen molar-refractivity contribution in [1.82, 2.24) is 4.31 Å². The predicted molar refractivity (Wildman–Crippen MR) is 70.8 cm³/mol. The van der Waals surface area contributed by atoms with Gasteiger partial charge in [0.1, 0.15) is 5.82 Å². The fourth-order valence-corrected chi connectivity index (χ4v) is 3.95. The molecule has 1 aromatic rings. The Labute approximate surface area is 119 Å². The van der Waals surface area contributed by atoms with Crippen molar-refractivity contribution in [2.24, 2.45) is 0 Å². The first-order valence-corrected chi connectivity index (χ1v) is 7.69. The van der Waals surface area contributed by atoms with E-state index in [-0.39, 0.29) is 28.9 Å². The van der Waals surface area contributed by atoms with Crippen molar-refractivity contribution >= 4 is 31.9 Å². The van der Waals surface area contributed by atoms with Crippen LogP contribution in [0.3, 0.4) is 0 Å². The van der Waals surface area contributed by atoms with E-state index in [1.165, 1.54) is 0 Å². The Bertz CT molecular complexity index is 576. The zero-order valence-electron chi connectivity index (χ0n) is 10.1. The van der Waals surface area contributed by atoms with Crippen LogP contribution in [0.1, 0.15) is 13.3 Å². The minimum atomic E-state index is -3.84. The second-order valence-electron chi connectivity index (χ2n) is 3.72. The van der Waals surface area contributed by atoms with Gasteiger partial charge in [-0.05, 0) is 34.1 Å². The quantitative estimate of drug-likeness (QED) is 0.849. The van der Waals surface area contributed by atoms with Crippen LogP contribution < -0.4 is 0 Å². The number of aliphatic carboxylic acids is 1. The molecule has 0 aromatic heterocycles. The Balaban J connectivity index is 3.09. The zero-order valence-corrected chi connectivity index (χ0v) is 12.5. The third-order valence-corrected chi connectivity index (χ3v) is 5.39. The van der Waals surface area contributed by atoms with E-state index in [0.29, 0.717) is 0 Å². The molecule has 1 aromatic carbocycles. The fourth-order valence-electron chi connectivity index (χ4n) is 1.49. The maximum Gasteiger partial charge on any atom is 0.304 e. The lowest BCUT2D eigenvalue weighted by Crippen LogP contribution is -2.33. The second-order valence-corrected chi connectivity index (χ2v) is 6.48. The summed E-state index contributed by atoms with van der Waals surface area (Å²) in [6.45, 7) is 1.62. The summed E-state index contributed by atoms with van der Waals surface area (Å²) in [7, 11) is -3.84. The Hall–Kier alpha value is -0.990. The zero-order chi connectivity index (χ0) is 14.6. The molecule has 0 saturated heterocycles. The maximum absolute atomic E-state index is 13.0. The Kier molecular flexibility index (Phi) is 5.45. The maximum atomic E-state index is 13.0. The first kappa shape index (κ1) is 16.1. The summed E-state index contributed by atoms with van der Waals surface area (Å²) < 4.78 is 38.7. The molecule has 5 nitrogen and oxygen atoms in total. The SMILES string of the molecule is CCN(CCC(=O)O)S(=O)(=O)c1ccc(F)cc1Br. The minimum Gasteiger partial charge on any atom is -0.481 e. The number of carboxylic acid groups (broad SMARTS) is 1. The number of carbonyl (C=O) groups is 1. The Morgan fingerprint density at radius 3 is 2.58 bits per heavy atom. The van der Waals surface area contributed by atoms with Crippen LogP contribution in [0.4, 0.5) is 4.39 Å². The van der Waals surface area contributed by atoms with Gasteiger partial charge in [0.15, 0.2) is 0 Å². The lowest BCUT2D eigenvalue weighted by molar-refractivity contribution is -0.137. The molecule has 0 fully saturated rings. The molecule has 0 bridgehead atoms. The summed E-state index contributed by atoms with van der Waals surface area (Å²) in [6.07, 6.45) is -0.286. The van der Waals surface area contributed by atoms with E-state index in [2.05, 4.69) is 15.9 Å². The van der Waals surface area contributed by atoms with E-state index in [9.17, 15) is 17.6 Å². The van der Waals surface area contributed by atoms with Gasteiger partial charge in [0.05, 0.1) is 11.3 Å². The molecule has 0 saturated carbocycles. The molecule has 0 aliphatic rings. The van der Waals surface area contributed by atoms with Crippen LogP contribution in [0.25, 0.3) is 0 Å². The molecular weight excluding hydrogens is 341 g/mol. The molecule has 0 atom stereocenters. The molecule has 1 rings (SSSR count). The van der Waals surface area contributed by atoms with E-state index in [0.717, 1.165) is 22.5 Å².